The first kappa shape index (κ1) is 23.5. The van der Waals surface area contributed by atoms with E-state index in [1.165, 1.54) is 6.33 Å². The molecule has 0 bridgehead atoms. The summed E-state index contributed by atoms with van der Waals surface area (Å²) in [6.07, 6.45) is 6.97. The van der Waals surface area contributed by atoms with Crippen molar-refractivity contribution in [1.29, 1.82) is 0 Å². The number of thiophene rings is 1. The number of amides is 2. The molecular formula is C28H20N6O2S. The Morgan fingerprint density at radius 3 is 2.41 bits per heavy atom. The molecular weight excluding hydrogens is 484 g/mol. The number of aromatic nitrogens is 2. The number of fused-ring (bicyclic) bond motifs is 1. The molecule has 0 unspecified atom stereocenters. The second-order valence-electron chi connectivity index (χ2n) is 7.96. The Bertz CT molecular complexity index is 1690. The molecule has 0 aliphatic carbocycles. The van der Waals surface area contributed by atoms with Crippen LogP contribution in [0.2, 0.25) is 0 Å². The Balaban J connectivity index is 1.33. The number of anilines is 5. The number of hydrogen-bond donors (Lipinski definition) is 4. The maximum Gasteiger partial charge on any atom is 0.265 e. The molecule has 0 atom stereocenters. The average molecular weight is 505 g/mol. The zero-order valence-corrected chi connectivity index (χ0v) is 20.2. The predicted molar refractivity (Wildman–Crippen MR) is 148 cm³/mol. The number of nitrogens with zero attached hydrogens (tertiary/aromatic N) is 2. The molecule has 2 aromatic heterocycles. The van der Waals surface area contributed by atoms with Crippen molar-refractivity contribution in [2.45, 2.75) is 0 Å². The molecule has 180 valence electrons. The van der Waals surface area contributed by atoms with Gasteiger partial charge in [-0.2, -0.15) is 0 Å². The molecule has 8 nitrogen and oxygen atoms in total. The number of carbonyl (C=O) groups is 2. The minimum Gasteiger partial charge on any atom is -0.397 e. The Labute approximate surface area is 216 Å². The van der Waals surface area contributed by atoms with E-state index in [0.717, 1.165) is 28.0 Å². The molecule has 0 saturated carbocycles. The Hall–Kier alpha value is -5.20. The van der Waals surface area contributed by atoms with Gasteiger partial charge in [0.25, 0.3) is 11.8 Å². The van der Waals surface area contributed by atoms with Crippen LogP contribution in [0.15, 0.2) is 85.2 Å². The summed E-state index contributed by atoms with van der Waals surface area (Å²) in [4.78, 5) is 35.0. The summed E-state index contributed by atoms with van der Waals surface area (Å²) >= 11 is 1.09. The lowest BCUT2D eigenvalue weighted by molar-refractivity contribution is 0.102. The van der Waals surface area contributed by atoms with Gasteiger partial charge in [-0.1, -0.05) is 24.1 Å². The van der Waals surface area contributed by atoms with E-state index in [4.69, 9.17) is 12.2 Å². The van der Waals surface area contributed by atoms with Gasteiger partial charge in [0, 0.05) is 22.3 Å². The summed E-state index contributed by atoms with van der Waals surface area (Å²) in [6, 6.07) is 23.0. The molecule has 3 aromatic carbocycles. The van der Waals surface area contributed by atoms with Crippen molar-refractivity contribution < 1.29 is 9.59 Å². The fourth-order valence-electron chi connectivity index (χ4n) is 3.63. The number of nitrogens with two attached hydrogens (primary N) is 1. The molecule has 0 radical (unpaired) electrons. The van der Waals surface area contributed by atoms with Gasteiger partial charge in [0.1, 0.15) is 12.1 Å². The van der Waals surface area contributed by atoms with Gasteiger partial charge < -0.3 is 21.7 Å². The highest BCUT2D eigenvalue weighted by atomic mass is 32.1. The number of para-hydroxylation sites is 2. The molecule has 0 fully saturated rings. The SMILES string of the molecule is C#Cc1cccc(Nc2ncnc3ccc(NC(=O)c4ccc(C(=O)Nc5ccccc5N)s4)cc23)c1. The van der Waals surface area contributed by atoms with E-state index in [1.807, 2.05) is 24.3 Å². The Kier molecular flexibility index (Phi) is 6.48. The minimum atomic E-state index is -0.338. The second kappa shape index (κ2) is 10.2. The number of rotatable bonds is 6. The molecule has 0 aliphatic rings. The third-order valence-electron chi connectivity index (χ3n) is 5.45. The Morgan fingerprint density at radius 2 is 1.62 bits per heavy atom. The summed E-state index contributed by atoms with van der Waals surface area (Å²) < 4.78 is 0. The van der Waals surface area contributed by atoms with Gasteiger partial charge in [-0.05, 0) is 60.7 Å². The zero-order chi connectivity index (χ0) is 25.8. The fraction of sp³-hybridized carbons (Fsp3) is 0. The zero-order valence-electron chi connectivity index (χ0n) is 19.4. The highest BCUT2D eigenvalue weighted by Gasteiger charge is 2.16. The topological polar surface area (TPSA) is 122 Å². The van der Waals surface area contributed by atoms with E-state index in [2.05, 4.69) is 31.8 Å². The molecule has 0 spiro atoms. The van der Waals surface area contributed by atoms with Crippen LogP contribution < -0.4 is 21.7 Å². The second-order valence-corrected chi connectivity index (χ2v) is 9.05. The van der Waals surface area contributed by atoms with E-state index in [9.17, 15) is 9.59 Å². The normalized spacial score (nSPS) is 10.5. The van der Waals surface area contributed by atoms with Gasteiger partial charge in [0.05, 0.1) is 26.6 Å². The minimum absolute atomic E-state index is 0.337. The standard InChI is InChI=1S/C28H20N6O2S/c1-2-17-6-5-7-18(14-17)32-26-20-15-19(10-11-22(20)30-16-31-26)33-27(35)24-12-13-25(37-24)28(36)34-23-9-4-3-8-21(23)29/h1,3-16H,29H2,(H,33,35)(H,34,36)(H,30,31,32). The molecule has 5 aromatic rings. The quantitative estimate of drug-likeness (QED) is 0.179. The first-order chi connectivity index (χ1) is 18.0. The summed E-state index contributed by atoms with van der Waals surface area (Å²) in [5, 5.41) is 9.63. The van der Waals surface area contributed by atoms with Crippen molar-refractivity contribution in [2.24, 2.45) is 0 Å². The van der Waals surface area contributed by atoms with Crippen LogP contribution in [0.1, 0.15) is 24.9 Å². The molecule has 2 heterocycles. The number of nitrogens with one attached hydrogen (secondary N) is 3. The highest BCUT2D eigenvalue weighted by molar-refractivity contribution is 7.16. The van der Waals surface area contributed by atoms with E-state index in [1.54, 1.807) is 54.6 Å². The molecule has 9 heteroatoms. The van der Waals surface area contributed by atoms with Crippen molar-refractivity contribution in [3.05, 3.63) is 101 Å². The van der Waals surface area contributed by atoms with E-state index in [0.29, 0.717) is 38.2 Å². The van der Waals surface area contributed by atoms with Crippen molar-refractivity contribution in [2.75, 3.05) is 21.7 Å². The lowest BCUT2D eigenvalue weighted by Crippen LogP contribution is -2.12. The molecule has 0 aliphatic heterocycles. The van der Waals surface area contributed by atoms with Crippen LogP contribution in [0.25, 0.3) is 10.9 Å². The van der Waals surface area contributed by atoms with E-state index >= 15 is 0 Å². The van der Waals surface area contributed by atoms with Gasteiger partial charge >= 0.3 is 0 Å². The number of nitrogen functional groups attached to an aromatic ring is 1. The largest absolute Gasteiger partial charge is 0.397 e. The maximum atomic E-state index is 12.9. The van der Waals surface area contributed by atoms with Gasteiger partial charge in [-0.25, -0.2) is 9.97 Å². The van der Waals surface area contributed by atoms with Gasteiger partial charge in [-0.15, -0.1) is 17.8 Å². The van der Waals surface area contributed by atoms with Crippen LogP contribution >= 0.6 is 11.3 Å². The van der Waals surface area contributed by atoms with Crippen LogP contribution in [-0.2, 0) is 0 Å². The fourth-order valence-corrected chi connectivity index (χ4v) is 4.42. The monoisotopic (exact) mass is 504 g/mol. The third-order valence-corrected chi connectivity index (χ3v) is 6.53. The van der Waals surface area contributed by atoms with Crippen molar-refractivity contribution in [3.8, 4) is 12.3 Å². The number of carbonyl (C=O) groups excluding carboxylic acids is 2. The smallest absolute Gasteiger partial charge is 0.265 e. The van der Waals surface area contributed by atoms with Gasteiger partial charge in [0.2, 0.25) is 0 Å². The molecule has 5 N–H and O–H groups in total. The van der Waals surface area contributed by atoms with Crippen molar-refractivity contribution >= 4 is 62.6 Å². The van der Waals surface area contributed by atoms with Gasteiger partial charge in [-0.3, -0.25) is 9.59 Å². The van der Waals surface area contributed by atoms with Crippen molar-refractivity contribution in [3.63, 3.8) is 0 Å². The molecule has 37 heavy (non-hydrogen) atoms. The molecule has 0 saturated heterocycles. The lowest BCUT2D eigenvalue weighted by atomic mass is 10.2. The van der Waals surface area contributed by atoms with Gasteiger partial charge in [0.15, 0.2) is 0 Å². The predicted octanol–water partition coefficient (Wildman–Crippen LogP) is 5.50. The van der Waals surface area contributed by atoms with Crippen LogP contribution in [0.4, 0.5) is 28.6 Å². The molecule has 5 rings (SSSR count). The first-order valence-electron chi connectivity index (χ1n) is 11.2. The summed E-state index contributed by atoms with van der Waals surface area (Å²) in [5.41, 5.74) is 9.67. The summed E-state index contributed by atoms with van der Waals surface area (Å²) in [5.74, 6) is 2.51. The number of terminal acetylenes is 1. The van der Waals surface area contributed by atoms with Crippen LogP contribution in [0.5, 0.6) is 0 Å². The van der Waals surface area contributed by atoms with Crippen molar-refractivity contribution in [1.82, 2.24) is 9.97 Å². The first-order valence-corrected chi connectivity index (χ1v) is 12.0. The van der Waals surface area contributed by atoms with Crippen LogP contribution in [0, 0.1) is 12.3 Å². The summed E-state index contributed by atoms with van der Waals surface area (Å²) in [7, 11) is 0. The Morgan fingerprint density at radius 1 is 0.838 bits per heavy atom. The van der Waals surface area contributed by atoms with E-state index in [-0.39, 0.29) is 11.8 Å². The average Bonchev–Trinajstić information content (AvgIpc) is 3.41. The summed E-state index contributed by atoms with van der Waals surface area (Å²) in [6.45, 7) is 0. The maximum absolute atomic E-state index is 12.9. The third kappa shape index (κ3) is 5.24. The molecule has 2 amide bonds. The van der Waals surface area contributed by atoms with Crippen LogP contribution in [0.3, 0.4) is 0 Å². The van der Waals surface area contributed by atoms with Crippen LogP contribution in [-0.4, -0.2) is 21.8 Å². The lowest BCUT2D eigenvalue weighted by Gasteiger charge is -2.10. The number of hydrogen-bond acceptors (Lipinski definition) is 7. The number of benzene rings is 3. The van der Waals surface area contributed by atoms with E-state index < -0.39 is 0 Å². The highest BCUT2D eigenvalue weighted by Crippen LogP contribution is 2.27.